The van der Waals surface area contributed by atoms with Crippen molar-refractivity contribution in [3.05, 3.63) is 39.7 Å². The molecule has 2 aromatic rings. The lowest BCUT2D eigenvalue weighted by Crippen LogP contribution is -2.19. The molecule has 2 unspecified atom stereocenters. The predicted molar refractivity (Wildman–Crippen MR) is 93.1 cm³/mol. The Hall–Kier alpha value is -0.830. The maximum atomic E-state index is 6.14. The zero-order chi connectivity index (χ0) is 14.6. The van der Waals surface area contributed by atoms with Crippen molar-refractivity contribution in [2.75, 3.05) is 20.6 Å². The number of hydrogen-bond acceptors (Lipinski definition) is 2. The smallest absolute Gasteiger partial charge is 0.0420 e. The van der Waals surface area contributed by atoms with Crippen LogP contribution in [0, 0.1) is 11.8 Å². The third-order valence-electron chi connectivity index (χ3n) is 4.99. The summed E-state index contributed by atoms with van der Waals surface area (Å²) in [5.41, 5.74) is 4.84. The summed E-state index contributed by atoms with van der Waals surface area (Å²) in [4.78, 5) is 2.32. The Bertz CT molecular complexity index is 728. The Labute approximate surface area is 135 Å². The highest BCUT2D eigenvalue weighted by atomic mass is 35.5. The summed E-state index contributed by atoms with van der Waals surface area (Å²) < 4.78 is 1.32. The average molecular weight is 318 g/mol. The Kier molecular flexibility index (Phi) is 3.36. The summed E-state index contributed by atoms with van der Waals surface area (Å²) in [7, 11) is 4.37. The van der Waals surface area contributed by atoms with E-state index < -0.39 is 0 Å². The molecule has 2 aliphatic rings. The van der Waals surface area contributed by atoms with E-state index in [1.807, 2.05) is 17.4 Å². The standard InChI is InChI=1S/C18H20ClNS/c1-20(2)9-15-11-3-4-12(7-11)18(15)16-10-21-17-8-13(19)5-6-14(16)17/h5-6,8,10-12H,3-4,7,9H2,1-2H3. The molecule has 3 heteroatoms. The third-order valence-corrected chi connectivity index (χ3v) is 6.17. The lowest BCUT2D eigenvalue weighted by molar-refractivity contribution is 0.423. The fourth-order valence-corrected chi connectivity index (χ4v) is 5.44. The van der Waals surface area contributed by atoms with Gasteiger partial charge in [-0.1, -0.05) is 17.7 Å². The second-order valence-corrected chi connectivity index (χ2v) is 8.02. The van der Waals surface area contributed by atoms with E-state index in [0.717, 1.165) is 23.4 Å². The number of hydrogen-bond donors (Lipinski definition) is 0. The minimum atomic E-state index is 0.790. The zero-order valence-electron chi connectivity index (χ0n) is 12.5. The van der Waals surface area contributed by atoms with Gasteiger partial charge in [0.25, 0.3) is 0 Å². The van der Waals surface area contributed by atoms with E-state index in [1.54, 1.807) is 11.1 Å². The van der Waals surface area contributed by atoms with E-state index >= 15 is 0 Å². The van der Waals surface area contributed by atoms with Crippen molar-refractivity contribution in [1.82, 2.24) is 4.90 Å². The summed E-state index contributed by atoms with van der Waals surface area (Å²) in [6.07, 6.45) is 4.15. The summed E-state index contributed by atoms with van der Waals surface area (Å²) in [6, 6.07) is 6.33. The van der Waals surface area contributed by atoms with Crippen molar-refractivity contribution in [3.63, 3.8) is 0 Å². The lowest BCUT2D eigenvalue weighted by Gasteiger charge is -2.22. The van der Waals surface area contributed by atoms with Crippen LogP contribution in [-0.4, -0.2) is 25.5 Å². The number of benzene rings is 1. The Morgan fingerprint density at radius 2 is 2.05 bits per heavy atom. The predicted octanol–water partition coefficient (Wildman–Crippen LogP) is 5.30. The molecule has 0 saturated heterocycles. The fourth-order valence-electron chi connectivity index (χ4n) is 4.20. The van der Waals surface area contributed by atoms with Crippen molar-refractivity contribution in [3.8, 4) is 0 Å². The second-order valence-electron chi connectivity index (χ2n) is 6.67. The van der Waals surface area contributed by atoms with Crippen molar-refractivity contribution in [1.29, 1.82) is 0 Å². The molecule has 0 N–H and O–H groups in total. The first-order valence-electron chi connectivity index (χ1n) is 7.68. The van der Waals surface area contributed by atoms with Crippen molar-refractivity contribution in [2.24, 2.45) is 11.8 Å². The SMILES string of the molecule is CN(C)CC1=C(c2csc3cc(Cl)ccc23)C2CCC1C2. The summed E-state index contributed by atoms with van der Waals surface area (Å²) in [5, 5.41) is 4.58. The quantitative estimate of drug-likeness (QED) is 0.742. The van der Waals surface area contributed by atoms with Crippen LogP contribution in [0.25, 0.3) is 15.7 Å². The van der Waals surface area contributed by atoms with E-state index in [1.165, 1.54) is 34.9 Å². The van der Waals surface area contributed by atoms with Gasteiger partial charge in [0.15, 0.2) is 0 Å². The Morgan fingerprint density at radius 1 is 1.24 bits per heavy atom. The molecule has 1 fully saturated rings. The molecule has 1 aromatic carbocycles. The van der Waals surface area contributed by atoms with Gasteiger partial charge in [0.1, 0.15) is 0 Å². The van der Waals surface area contributed by atoms with Crippen LogP contribution in [0.5, 0.6) is 0 Å². The Morgan fingerprint density at radius 3 is 2.86 bits per heavy atom. The average Bonchev–Trinajstić information content (AvgIpc) is 3.11. The maximum absolute atomic E-state index is 6.14. The first-order chi connectivity index (χ1) is 10.1. The zero-order valence-corrected chi connectivity index (χ0v) is 14.1. The van der Waals surface area contributed by atoms with Crippen molar-refractivity contribution < 1.29 is 0 Å². The van der Waals surface area contributed by atoms with Gasteiger partial charge in [-0.05, 0) is 79.4 Å². The lowest BCUT2D eigenvalue weighted by atomic mass is 9.87. The molecular formula is C18H20ClNS. The largest absolute Gasteiger partial charge is 0.305 e. The number of nitrogens with zero attached hydrogens (tertiary/aromatic N) is 1. The highest BCUT2D eigenvalue weighted by molar-refractivity contribution is 7.17. The van der Waals surface area contributed by atoms with Gasteiger partial charge in [-0.15, -0.1) is 11.3 Å². The maximum Gasteiger partial charge on any atom is 0.0420 e. The van der Waals surface area contributed by atoms with Crippen LogP contribution >= 0.6 is 22.9 Å². The molecule has 2 bridgehead atoms. The van der Waals surface area contributed by atoms with Crippen LogP contribution in [0.2, 0.25) is 5.02 Å². The van der Waals surface area contributed by atoms with Crippen LogP contribution in [0.1, 0.15) is 24.8 Å². The van der Waals surface area contributed by atoms with Gasteiger partial charge in [0.2, 0.25) is 0 Å². The minimum Gasteiger partial charge on any atom is -0.305 e. The molecule has 1 heterocycles. The highest BCUT2D eigenvalue weighted by Gasteiger charge is 2.39. The number of allylic oxidation sites excluding steroid dienone is 1. The molecule has 2 aliphatic carbocycles. The summed E-state index contributed by atoms with van der Waals surface area (Å²) in [6.45, 7) is 1.11. The first-order valence-corrected chi connectivity index (χ1v) is 8.94. The van der Waals surface area contributed by atoms with Gasteiger partial charge in [0.05, 0.1) is 0 Å². The molecular weight excluding hydrogens is 298 g/mol. The molecule has 0 radical (unpaired) electrons. The third kappa shape index (κ3) is 2.25. The summed E-state index contributed by atoms with van der Waals surface area (Å²) >= 11 is 7.97. The van der Waals surface area contributed by atoms with Crippen LogP contribution in [0.3, 0.4) is 0 Å². The monoisotopic (exact) mass is 317 g/mol. The normalized spacial score (nSPS) is 24.8. The molecule has 1 aromatic heterocycles. The van der Waals surface area contributed by atoms with E-state index in [4.69, 9.17) is 11.6 Å². The van der Waals surface area contributed by atoms with E-state index in [2.05, 4.69) is 36.5 Å². The van der Waals surface area contributed by atoms with Gasteiger partial charge in [-0.25, -0.2) is 0 Å². The molecule has 0 spiro atoms. The molecule has 2 atom stereocenters. The number of rotatable bonds is 3. The van der Waals surface area contributed by atoms with Crippen LogP contribution < -0.4 is 0 Å². The molecule has 0 aliphatic heterocycles. The molecule has 1 nitrogen and oxygen atoms in total. The number of likely N-dealkylation sites (N-methyl/N-ethyl adjacent to an activating group) is 1. The molecule has 0 amide bonds. The van der Waals surface area contributed by atoms with Crippen LogP contribution in [-0.2, 0) is 0 Å². The number of fused-ring (bicyclic) bond motifs is 3. The van der Waals surface area contributed by atoms with Gasteiger partial charge in [0, 0.05) is 21.7 Å². The minimum absolute atomic E-state index is 0.790. The topological polar surface area (TPSA) is 3.24 Å². The van der Waals surface area contributed by atoms with Crippen LogP contribution in [0.15, 0.2) is 29.2 Å². The van der Waals surface area contributed by atoms with E-state index in [-0.39, 0.29) is 0 Å². The number of thiophene rings is 1. The van der Waals surface area contributed by atoms with Gasteiger partial charge in [-0.3, -0.25) is 0 Å². The van der Waals surface area contributed by atoms with Gasteiger partial charge < -0.3 is 4.90 Å². The van der Waals surface area contributed by atoms with Crippen molar-refractivity contribution >= 4 is 38.6 Å². The first kappa shape index (κ1) is 13.8. The molecule has 1 saturated carbocycles. The second kappa shape index (κ2) is 5.12. The van der Waals surface area contributed by atoms with Crippen molar-refractivity contribution in [2.45, 2.75) is 19.3 Å². The summed E-state index contributed by atoms with van der Waals surface area (Å²) in [5.74, 6) is 1.62. The van der Waals surface area contributed by atoms with Crippen LogP contribution in [0.4, 0.5) is 0 Å². The van der Waals surface area contributed by atoms with Gasteiger partial charge >= 0.3 is 0 Å². The highest BCUT2D eigenvalue weighted by Crippen LogP contribution is 2.54. The molecule has 4 rings (SSSR count). The van der Waals surface area contributed by atoms with E-state index in [0.29, 0.717) is 0 Å². The van der Waals surface area contributed by atoms with E-state index in [9.17, 15) is 0 Å². The fraction of sp³-hybridized carbons (Fsp3) is 0.444. The van der Waals surface area contributed by atoms with Gasteiger partial charge in [-0.2, -0.15) is 0 Å². The molecule has 110 valence electrons. The number of halogens is 1. The molecule has 21 heavy (non-hydrogen) atoms. The Balaban J connectivity index is 1.87.